The predicted octanol–water partition coefficient (Wildman–Crippen LogP) is 4.43. The molecule has 0 saturated heterocycles. The Hall–Kier alpha value is -0.0900. The van der Waals surface area contributed by atoms with Gasteiger partial charge in [0, 0.05) is 10.5 Å². The molecule has 0 saturated carbocycles. The van der Waals surface area contributed by atoms with E-state index < -0.39 is 0 Å². The molecule has 17 heavy (non-hydrogen) atoms. The first-order chi connectivity index (χ1) is 8.08. The Morgan fingerprint density at radius 2 is 2.18 bits per heavy atom. The number of halogens is 2. The summed E-state index contributed by atoms with van der Waals surface area (Å²) < 4.78 is 0.917. The predicted molar refractivity (Wildman–Crippen MR) is 77.9 cm³/mol. The number of hydrogen-bond acceptors (Lipinski definition) is 2. The van der Waals surface area contributed by atoms with Crippen LogP contribution in [0.15, 0.2) is 22.7 Å². The molecule has 3 N–H and O–H groups in total. The molecule has 0 heterocycles. The third kappa shape index (κ3) is 4.59. The van der Waals surface area contributed by atoms with Crippen molar-refractivity contribution in [1.82, 2.24) is 5.43 Å². The Balaban J connectivity index is 2.75. The quantitative estimate of drug-likeness (QED) is 0.601. The fourth-order valence-corrected chi connectivity index (χ4v) is 2.56. The highest BCUT2D eigenvalue weighted by atomic mass is 79.9. The lowest BCUT2D eigenvalue weighted by atomic mass is 9.93. The van der Waals surface area contributed by atoms with E-state index >= 15 is 0 Å². The minimum absolute atomic E-state index is 0.185. The van der Waals surface area contributed by atoms with Crippen LogP contribution in [0.5, 0.6) is 0 Å². The van der Waals surface area contributed by atoms with Crippen molar-refractivity contribution in [3.8, 4) is 0 Å². The van der Waals surface area contributed by atoms with E-state index in [0.29, 0.717) is 5.92 Å². The van der Waals surface area contributed by atoms with Crippen molar-refractivity contribution in [3.05, 3.63) is 33.3 Å². The topological polar surface area (TPSA) is 38.0 Å². The van der Waals surface area contributed by atoms with Gasteiger partial charge in [-0.3, -0.25) is 11.3 Å². The maximum atomic E-state index is 5.99. The van der Waals surface area contributed by atoms with Crippen molar-refractivity contribution in [2.24, 2.45) is 11.8 Å². The number of nitrogens with one attached hydrogen (secondary N) is 1. The van der Waals surface area contributed by atoms with Gasteiger partial charge in [0.15, 0.2) is 0 Å². The molecule has 0 bridgehead atoms. The second kappa shape index (κ2) is 7.37. The van der Waals surface area contributed by atoms with Gasteiger partial charge >= 0.3 is 0 Å². The second-order valence-corrected chi connectivity index (χ2v) is 5.78. The van der Waals surface area contributed by atoms with Gasteiger partial charge < -0.3 is 0 Å². The molecule has 0 radical (unpaired) electrons. The van der Waals surface area contributed by atoms with Crippen molar-refractivity contribution in [3.63, 3.8) is 0 Å². The molecule has 0 spiro atoms. The zero-order chi connectivity index (χ0) is 12.8. The molecule has 0 fully saturated rings. The lowest BCUT2D eigenvalue weighted by Crippen LogP contribution is -2.29. The Morgan fingerprint density at radius 1 is 1.47 bits per heavy atom. The lowest BCUT2D eigenvalue weighted by Gasteiger charge is -2.20. The van der Waals surface area contributed by atoms with Crippen LogP contribution < -0.4 is 11.3 Å². The van der Waals surface area contributed by atoms with E-state index in [4.69, 9.17) is 17.4 Å². The molecule has 0 amide bonds. The molecule has 2 unspecified atom stereocenters. The standard InChI is InChI=1S/C13H20BrClN2/c1-3-4-9(2)7-13(17-16)10-5-6-12(15)11(14)8-10/h5-6,8-9,13,17H,3-4,7,16H2,1-2H3. The van der Waals surface area contributed by atoms with Crippen LogP contribution in [-0.2, 0) is 0 Å². The molecule has 1 aromatic rings. The summed E-state index contributed by atoms with van der Waals surface area (Å²) in [5, 5.41) is 0.728. The van der Waals surface area contributed by atoms with Crippen molar-refractivity contribution in [1.29, 1.82) is 0 Å². The number of nitrogens with two attached hydrogens (primary N) is 1. The normalized spacial score (nSPS) is 14.6. The molecule has 1 aromatic carbocycles. The first-order valence-electron chi connectivity index (χ1n) is 5.99. The number of hydrogen-bond donors (Lipinski definition) is 2. The van der Waals surface area contributed by atoms with Gasteiger partial charge in [-0.2, -0.15) is 0 Å². The van der Waals surface area contributed by atoms with Gasteiger partial charge in [0.05, 0.1) is 5.02 Å². The molecule has 0 aliphatic carbocycles. The zero-order valence-corrected chi connectivity index (χ0v) is 12.7. The Kier molecular flexibility index (Phi) is 6.49. The first-order valence-corrected chi connectivity index (χ1v) is 7.16. The summed E-state index contributed by atoms with van der Waals surface area (Å²) in [4.78, 5) is 0. The lowest BCUT2D eigenvalue weighted by molar-refractivity contribution is 0.394. The van der Waals surface area contributed by atoms with E-state index in [-0.39, 0.29) is 6.04 Å². The minimum Gasteiger partial charge on any atom is -0.271 e. The summed E-state index contributed by atoms with van der Waals surface area (Å²) in [5.41, 5.74) is 4.06. The van der Waals surface area contributed by atoms with E-state index in [1.165, 1.54) is 18.4 Å². The van der Waals surface area contributed by atoms with Gasteiger partial charge in [-0.1, -0.05) is 44.4 Å². The number of benzene rings is 1. The monoisotopic (exact) mass is 318 g/mol. The largest absolute Gasteiger partial charge is 0.271 e. The van der Waals surface area contributed by atoms with Crippen molar-refractivity contribution in [2.45, 2.75) is 39.2 Å². The summed E-state index contributed by atoms with van der Waals surface area (Å²) in [6, 6.07) is 6.14. The van der Waals surface area contributed by atoms with E-state index in [2.05, 4.69) is 35.2 Å². The third-order valence-corrected chi connectivity index (χ3v) is 4.18. The third-order valence-electron chi connectivity index (χ3n) is 2.97. The Morgan fingerprint density at radius 3 is 2.71 bits per heavy atom. The van der Waals surface area contributed by atoms with Crippen LogP contribution in [-0.4, -0.2) is 0 Å². The molecule has 0 aromatic heterocycles. The molecule has 0 aliphatic rings. The van der Waals surface area contributed by atoms with Crippen LogP contribution in [0.4, 0.5) is 0 Å². The Bertz CT molecular complexity index is 357. The molecule has 2 atom stereocenters. The van der Waals surface area contributed by atoms with Crippen molar-refractivity contribution < 1.29 is 0 Å². The van der Waals surface area contributed by atoms with Crippen LogP contribution in [0.2, 0.25) is 5.02 Å². The molecule has 4 heteroatoms. The smallest absolute Gasteiger partial charge is 0.0548 e. The number of rotatable bonds is 6. The molecule has 2 nitrogen and oxygen atoms in total. The molecule has 96 valence electrons. The van der Waals surface area contributed by atoms with E-state index in [0.717, 1.165) is 15.9 Å². The van der Waals surface area contributed by atoms with Gasteiger partial charge in [0.2, 0.25) is 0 Å². The summed E-state index contributed by atoms with van der Waals surface area (Å²) in [5.74, 6) is 6.30. The van der Waals surface area contributed by atoms with Gasteiger partial charge in [0.1, 0.15) is 0 Å². The van der Waals surface area contributed by atoms with Gasteiger partial charge in [-0.25, -0.2) is 0 Å². The summed E-state index contributed by atoms with van der Waals surface area (Å²) in [6.45, 7) is 4.47. The maximum Gasteiger partial charge on any atom is 0.0548 e. The zero-order valence-electron chi connectivity index (χ0n) is 10.3. The van der Waals surface area contributed by atoms with Gasteiger partial charge in [0.25, 0.3) is 0 Å². The fourth-order valence-electron chi connectivity index (χ4n) is 2.04. The van der Waals surface area contributed by atoms with Crippen LogP contribution in [0, 0.1) is 5.92 Å². The molecule has 0 aliphatic heterocycles. The average molecular weight is 320 g/mol. The Labute approximate surface area is 117 Å². The fraction of sp³-hybridized carbons (Fsp3) is 0.538. The maximum absolute atomic E-state index is 5.99. The van der Waals surface area contributed by atoms with Crippen LogP contribution in [0.3, 0.4) is 0 Å². The SMILES string of the molecule is CCCC(C)CC(NN)c1ccc(Cl)c(Br)c1. The van der Waals surface area contributed by atoms with Gasteiger partial charge in [-0.05, 0) is 46.0 Å². The minimum atomic E-state index is 0.185. The van der Waals surface area contributed by atoms with Crippen LogP contribution in [0.25, 0.3) is 0 Å². The average Bonchev–Trinajstić information content (AvgIpc) is 2.30. The van der Waals surface area contributed by atoms with Crippen molar-refractivity contribution >= 4 is 27.5 Å². The van der Waals surface area contributed by atoms with E-state index in [1.54, 1.807) is 0 Å². The van der Waals surface area contributed by atoms with E-state index in [1.807, 2.05) is 18.2 Å². The second-order valence-electron chi connectivity index (χ2n) is 4.52. The highest BCUT2D eigenvalue weighted by Crippen LogP contribution is 2.29. The van der Waals surface area contributed by atoms with Gasteiger partial charge in [-0.15, -0.1) is 0 Å². The summed E-state index contributed by atoms with van der Waals surface area (Å²) in [6.07, 6.45) is 3.48. The van der Waals surface area contributed by atoms with Crippen LogP contribution >= 0.6 is 27.5 Å². The summed E-state index contributed by atoms with van der Waals surface area (Å²) >= 11 is 9.43. The highest BCUT2D eigenvalue weighted by Gasteiger charge is 2.14. The molecular formula is C13H20BrClN2. The number of hydrazine groups is 1. The van der Waals surface area contributed by atoms with Crippen molar-refractivity contribution in [2.75, 3.05) is 0 Å². The van der Waals surface area contributed by atoms with E-state index in [9.17, 15) is 0 Å². The van der Waals surface area contributed by atoms with Crippen LogP contribution in [0.1, 0.15) is 44.7 Å². The highest BCUT2D eigenvalue weighted by molar-refractivity contribution is 9.10. The first kappa shape index (κ1) is 15.0. The summed E-state index contributed by atoms with van der Waals surface area (Å²) in [7, 11) is 0. The molecular weight excluding hydrogens is 300 g/mol. The molecule has 1 rings (SSSR count).